The Morgan fingerprint density at radius 3 is 3.00 bits per heavy atom. The molecule has 80 valence electrons. The van der Waals surface area contributed by atoms with Gasteiger partial charge in [0.25, 0.3) is 0 Å². The summed E-state index contributed by atoms with van der Waals surface area (Å²) in [4.78, 5) is 11.6. The van der Waals surface area contributed by atoms with E-state index in [0.29, 0.717) is 6.61 Å². The fraction of sp³-hybridized carbons (Fsp3) is 0.900. The highest BCUT2D eigenvalue weighted by Gasteiger charge is 2.26. The van der Waals surface area contributed by atoms with Crippen molar-refractivity contribution in [2.45, 2.75) is 25.4 Å². The second-order valence-corrected chi connectivity index (χ2v) is 3.97. The van der Waals surface area contributed by atoms with Crippen molar-refractivity contribution in [2.24, 2.45) is 5.92 Å². The lowest BCUT2D eigenvalue weighted by atomic mass is 10.00. The predicted molar refractivity (Wildman–Crippen MR) is 50.9 cm³/mol. The highest BCUT2D eigenvalue weighted by Crippen LogP contribution is 2.15. The van der Waals surface area contributed by atoms with Gasteiger partial charge >= 0.3 is 5.97 Å². The maximum Gasteiger partial charge on any atom is 0.310 e. The Kier molecular flexibility index (Phi) is 3.37. The maximum absolute atomic E-state index is 11.6. The minimum atomic E-state index is -0.0484. The van der Waals surface area contributed by atoms with Gasteiger partial charge < -0.3 is 14.8 Å². The molecular formula is C10H17NO3. The lowest BCUT2D eigenvalue weighted by Crippen LogP contribution is -2.36. The van der Waals surface area contributed by atoms with Crippen molar-refractivity contribution >= 4 is 5.97 Å². The zero-order chi connectivity index (χ0) is 9.80. The quantitative estimate of drug-likeness (QED) is 0.651. The third-order valence-corrected chi connectivity index (χ3v) is 2.80. The van der Waals surface area contributed by atoms with Gasteiger partial charge in [-0.15, -0.1) is 0 Å². The standard InChI is InChI=1S/C10H17NO3/c12-10(8-2-1-4-11-6-8)14-9-3-5-13-7-9/h8-9,11H,1-7H2/t8-,9?/m0/s1. The molecule has 0 bridgehead atoms. The number of rotatable bonds is 2. The summed E-state index contributed by atoms with van der Waals surface area (Å²) >= 11 is 0. The van der Waals surface area contributed by atoms with Crippen molar-refractivity contribution in [1.82, 2.24) is 5.32 Å². The molecule has 4 nitrogen and oxygen atoms in total. The SMILES string of the molecule is O=C(OC1CCOC1)[C@H]1CCCNC1. The first-order valence-electron chi connectivity index (χ1n) is 5.35. The van der Waals surface area contributed by atoms with Crippen LogP contribution in [0.15, 0.2) is 0 Å². The Morgan fingerprint density at radius 2 is 2.36 bits per heavy atom. The van der Waals surface area contributed by atoms with Crippen molar-refractivity contribution in [1.29, 1.82) is 0 Å². The van der Waals surface area contributed by atoms with Crippen LogP contribution in [0.5, 0.6) is 0 Å². The van der Waals surface area contributed by atoms with E-state index in [1.165, 1.54) is 0 Å². The number of hydrogen-bond acceptors (Lipinski definition) is 4. The number of esters is 1. The van der Waals surface area contributed by atoms with Crippen molar-refractivity contribution in [3.63, 3.8) is 0 Å². The topological polar surface area (TPSA) is 47.6 Å². The first-order valence-corrected chi connectivity index (χ1v) is 5.35. The molecule has 0 aromatic rings. The molecule has 2 atom stereocenters. The highest BCUT2D eigenvalue weighted by molar-refractivity contribution is 5.73. The molecule has 0 aliphatic carbocycles. The van der Waals surface area contributed by atoms with Crippen LogP contribution in [0.4, 0.5) is 0 Å². The predicted octanol–water partition coefficient (Wildman–Crippen LogP) is 0.318. The molecule has 4 heteroatoms. The second-order valence-electron chi connectivity index (χ2n) is 3.97. The van der Waals surface area contributed by atoms with Gasteiger partial charge in [-0.25, -0.2) is 0 Å². The van der Waals surface area contributed by atoms with Gasteiger partial charge in [0.15, 0.2) is 0 Å². The van der Waals surface area contributed by atoms with Crippen LogP contribution >= 0.6 is 0 Å². The van der Waals surface area contributed by atoms with E-state index in [-0.39, 0.29) is 18.0 Å². The van der Waals surface area contributed by atoms with E-state index in [0.717, 1.165) is 39.0 Å². The van der Waals surface area contributed by atoms with Crippen molar-refractivity contribution in [3.05, 3.63) is 0 Å². The molecule has 2 fully saturated rings. The van der Waals surface area contributed by atoms with Gasteiger partial charge in [-0.1, -0.05) is 0 Å². The zero-order valence-corrected chi connectivity index (χ0v) is 8.33. The maximum atomic E-state index is 11.6. The Balaban J connectivity index is 1.75. The van der Waals surface area contributed by atoms with Crippen LogP contribution in [-0.2, 0) is 14.3 Å². The number of carbonyl (C=O) groups is 1. The molecule has 0 amide bonds. The molecule has 0 radical (unpaired) electrons. The first-order chi connectivity index (χ1) is 6.86. The Morgan fingerprint density at radius 1 is 1.43 bits per heavy atom. The third kappa shape index (κ3) is 2.45. The molecule has 1 unspecified atom stereocenters. The van der Waals surface area contributed by atoms with E-state index < -0.39 is 0 Å². The molecule has 2 rings (SSSR count). The first kappa shape index (κ1) is 9.93. The number of ether oxygens (including phenoxy) is 2. The van der Waals surface area contributed by atoms with E-state index in [2.05, 4.69) is 5.32 Å². The molecule has 1 N–H and O–H groups in total. The Labute approximate surface area is 84.0 Å². The van der Waals surface area contributed by atoms with Crippen molar-refractivity contribution in [3.8, 4) is 0 Å². The van der Waals surface area contributed by atoms with Crippen LogP contribution in [0, 0.1) is 5.92 Å². The summed E-state index contributed by atoms with van der Waals surface area (Å²) in [5, 5.41) is 3.21. The molecule has 2 aliphatic heterocycles. The second kappa shape index (κ2) is 4.75. The molecule has 0 saturated carbocycles. The van der Waals surface area contributed by atoms with Crippen LogP contribution in [0.2, 0.25) is 0 Å². The van der Waals surface area contributed by atoms with Gasteiger partial charge in [-0.2, -0.15) is 0 Å². The fourth-order valence-electron chi connectivity index (χ4n) is 1.92. The molecule has 2 aliphatic rings. The van der Waals surface area contributed by atoms with Crippen molar-refractivity contribution < 1.29 is 14.3 Å². The minimum absolute atomic E-state index is 0.00410. The summed E-state index contributed by atoms with van der Waals surface area (Å²) in [5.41, 5.74) is 0. The largest absolute Gasteiger partial charge is 0.460 e. The van der Waals surface area contributed by atoms with Crippen LogP contribution in [-0.4, -0.2) is 38.4 Å². The molecule has 0 aromatic heterocycles. The summed E-state index contributed by atoms with van der Waals surface area (Å²) in [5.74, 6) is 0.0112. The van der Waals surface area contributed by atoms with Gasteiger partial charge in [0.2, 0.25) is 0 Å². The summed E-state index contributed by atoms with van der Waals surface area (Å²) in [7, 11) is 0. The summed E-state index contributed by atoms with van der Waals surface area (Å²) < 4.78 is 10.5. The molecule has 0 aromatic carbocycles. The minimum Gasteiger partial charge on any atom is -0.460 e. The lowest BCUT2D eigenvalue weighted by Gasteiger charge is -2.22. The monoisotopic (exact) mass is 199 g/mol. The Bertz CT molecular complexity index is 196. The zero-order valence-electron chi connectivity index (χ0n) is 8.33. The lowest BCUT2D eigenvalue weighted by molar-refractivity contribution is -0.154. The van der Waals surface area contributed by atoms with E-state index in [1.54, 1.807) is 0 Å². The number of carbonyl (C=O) groups excluding carboxylic acids is 1. The van der Waals surface area contributed by atoms with E-state index in [4.69, 9.17) is 9.47 Å². The molecule has 14 heavy (non-hydrogen) atoms. The Hall–Kier alpha value is -0.610. The summed E-state index contributed by atoms with van der Waals surface area (Å²) in [6.07, 6.45) is 2.89. The van der Waals surface area contributed by atoms with E-state index in [1.807, 2.05) is 0 Å². The number of hydrogen-bond donors (Lipinski definition) is 1. The highest BCUT2D eigenvalue weighted by atomic mass is 16.6. The average Bonchev–Trinajstić information content (AvgIpc) is 2.72. The van der Waals surface area contributed by atoms with E-state index in [9.17, 15) is 4.79 Å². The average molecular weight is 199 g/mol. The van der Waals surface area contributed by atoms with Gasteiger partial charge in [-0.3, -0.25) is 4.79 Å². The normalized spacial score (nSPS) is 32.9. The van der Waals surface area contributed by atoms with Crippen LogP contribution in [0.25, 0.3) is 0 Å². The van der Waals surface area contributed by atoms with Crippen molar-refractivity contribution in [2.75, 3.05) is 26.3 Å². The smallest absolute Gasteiger partial charge is 0.310 e. The van der Waals surface area contributed by atoms with Crippen LogP contribution in [0.3, 0.4) is 0 Å². The summed E-state index contributed by atoms with van der Waals surface area (Å²) in [6.45, 7) is 3.09. The number of nitrogens with one attached hydrogen (secondary N) is 1. The van der Waals surface area contributed by atoms with Gasteiger partial charge in [-0.05, 0) is 19.4 Å². The van der Waals surface area contributed by atoms with Gasteiger partial charge in [0.05, 0.1) is 19.1 Å². The third-order valence-electron chi connectivity index (χ3n) is 2.80. The van der Waals surface area contributed by atoms with Gasteiger partial charge in [0.1, 0.15) is 6.10 Å². The fourth-order valence-corrected chi connectivity index (χ4v) is 1.92. The van der Waals surface area contributed by atoms with Crippen LogP contribution < -0.4 is 5.32 Å². The molecular weight excluding hydrogens is 182 g/mol. The van der Waals surface area contributed by atoms with Gasteiger partial charge in [0, 0.05) is 13.0 Å². The molecule has 2 heterocycles. The van der Waals surface area contributed by atoms with E-state index >= 15 is 0 Å². The number of piperidine rings is 1. The molecule has 2 saturated heterocycles. The molecule has 0 spiro atoms. The van der Waals surface area contributed by atoms with Crippen LogP contribution in [0.1, 0.15) is 19.3 Å². The summed E-state index contributed by atoms with van der Waals surface area (Å²) in [6, 6.07) is 0.